The van der Waals surface area contributed by atoms with E-state index in [9.17, 15) is 4.79 Å². The molecule has 0 unspecified atom stereocenters. The largest absolute Gasteiger partial charge is 0.496 e. The molecule has 0 heterocycles. The Labute approximate surface area is 123 Å². The van der Waals surface area contributed by atoms with E-state index in [0.29, 0.717) is 6.42 Å². The molecule has 1 aromatic rings. The minimum atomic E-state index is 0.112. The standard InChI is InChI=1S/C18H28O2/c1-17(2,3)13-18(4,5)15-9-10-16(20-6)14(12-15)8-7-11-19/h9-12H,7-8,13H2,1-6H3. The molecule has 0 fully saturated rings. The van der Waals surface area contributed by atoms with Crippen molar-refractivity contribution in [1.82, 2.24) is 0 Å². The van der Waals surface area contributed by atoms with E-state index in [2.05, 4.69) is 46.8 Å². The van der Waals surface area contributed by atoms with Gasteiger partial charge in [0.2, 0.25) is 0 Å². The quantitative estimate of drug-likeness (QED) is 0.713. The van der Waals surface area contributed by atoms with Gasteiger partial charge in [0.15, 0.2) is 0 Å². The maximum Gasteiger partial charge on any atom is 0.122 e. The fourth-order valence-corrected chi connectivity index (χ4v) is 3.04. The lowest BCUT2D eigenvalue weighted by Crippen LogP contribution is -2.25. The third-order valence-electron chi connectivity index (χ3n) is 3.57. The van der Waals surface area contributed by atoms with Crippen LogP contribution in [0.15, 0.2) is 18.2 Å². The molecule has 1 aromatic carbocycles. The molecule has 0 aromatic heterocycles. The van der Waals surface area contributed by atoms with Gasteiger partial charge in [-0.05, 0) is 40.9 Å². The molecular formula is C18H28O2. The molecule has 0 aliphatic carbocycles. The van der Waals surface area contributed by atoms with Crippen molar-refractivity contribution in [2.24, 2.45) is 5.41 Å². The Balaban J connectivity index is 3.09. The molecule has 112 valence electrons. The summed E-state index contributed by atoms with van der Waals surface area (Å²) < 4.78 is 5.40. The third kappa shape index (κ3) is 4.66. The van der Waals surface area contributed by atoms with Crippen molar-refractivity contribution in [2.45, 2.75) is 59.3 Å². The van der Waals surface area contributed by atoms with Gasteiger partial charge in [-0.3, -0.25) is 0 Å². The summed E-state index contributed by atoms with van der Waals surface area (Å²) in [6, 6.07) is 6.38. The second-order valence-electron chi connectivity index (χ2n) is 7.35. The van der Waals surface area contributed by atoms with Gasteiger partial charge in [-0.25, -0.2) is 0 Å². The average Bonchev–Trinajstić information content (AvgIpc) is 2.33. The maximum atomic E-state index is 10.6. The van der Waals surface area contributed by atoms with E-state index in [1.807, 2.05) is 6.07 Å². The number of hydrogen-bond donors (Lipinski definition) is 0. The zero-order valence-corrected chi connectivity index (χ0v) is 13.7. The van der Waals surface area contributed by atoms with Crippen LogP contribution in [0.3, 0.4) is 0 Å². The first-order valence-corrected chi connectivity index (χ1v) is 7.31. The zero-order valence-electron chi connectivity index (χ0n) is 13.7. The Morgan fingerprint density at radius 3 is 2.30 bits per heavy atom. The number of ether oxygens (including phenoxy) is 1. The smallest absolute Gasteiger partial charge is 0.122 e. The lowest BCUT2D eigenvalue weighted by molar-refractivity contribution is -0.107. The van der Waals surface area contributed by atoms with Gasteiger partial charge < -0.3 is 9.53 Å². The normalized spacial score (nSPS) is 12.3. The van der Waals surface area contributed by atoms with Crippen LogP contribution in [-0.2, 0) is 16.6 Å². The molecule has 0 N–H and O–H groups in total. The van der Waals surface area contributed by atoms with Gasteiger partial charge in [-0.1, -0.05) is 46.8 Å². The molecule has 0 spiro atoms. The van der Waals surface area contributed by atoms with Crippen molar-refractivity contribution in [3.63, 3.8) is 0 Å². The first kappa shape index (κ1) is 16.7. The summed E-state index contributed by atoms with van der Waals surface area (Å²) >= 11 is 0. The summed E-state index contributed by atoms with van der Waals surface area (Å²) in [6.07, 6.45) is 3.36. The van der Waals surface area contributed by atoms with Crippen LogP contribution >= 0.6 is 0 Å². The molecule has 0 aliphatic rings. The highest BCUT2D eigenvalue weighted by atomic mass is 16.5. The number of carbonyl (C=O) groups excluding carboxylic acids is 1. The monoisotopic (exact) mass is 276 g/mol. The number of methoxy groups -OCH3 is 1. The third-order valence-corrected chi connectivity index (χ3v) is 3.57. The van der Waals surface area contributed by atoms with Crippen molar-refractivity contribution in [3.05, 3.63) is 29.3 Å². The van der Waals surface area contributed by atoms with Crippen LogP contribution in [0.4, 0.5) is 0 Å². The molecular weight excluding hydrogens is 248 g/mol. The van der Waals surface area contributed by atoms with Gasteiger partial charge in [0, 0.05) is 6.42 Å². The SMILES string of the molecule is COc1ccc(C(C)(C)CC(C)(C)C)cc1CCC=O. The van der Waals surface area contributed by atoms with E-state index in [1.165, 1.54) is 5.56 Å². The Hall–Kier alpha value is -1.31. The number of aryl methyl sites for hydroxylation is 1. The van der Waals surface area contributed by atoms with Crippen LogP contribution in [0, 0.1) is 5.41 Å². The Kier molecular flexibility index (Phi) is 5.38. The minimum absolute atomic E-state index is 0.112. The van der Waals surface area contributed by atoms with Crippen LogP contribution in [0.2, 0.25) is 0 Å². The minimum Gasteiger partial charge on any atom is -0.496 e. The Morgan fingerprint density at radius 1 is 1.15 bits per heavy atom. The highest BCUT2D eigenvalue weighted by Crippen LogP contribution is 2.37. The van der Waals surface area contributed by atoms with Crippen LogP contribution in [0.25, 0.3) is 0 Å². The van der Waals surface area contributed by atoms with E-state index < -0.39 is 0 Å². The second-order valence-corrected chi connectivity index (χ2v) is 7.35. The Morgan fingerprint density at radius 2 is 1.80 bits per heavy atom. The summed E-state index contributed by atoms with van der Waals surface area (Å²) in [5, 5.41) is 0. The highest BCUT2D eigenvalue weighted by molar-refractivity contribution is 5.51. The van der Waals surface area contributed by atoms with E-state index in [-0.39, 0.29) is 10.8 Å². The lowest BCUT2D eigenvalue weighted by Gasteiger charge is -2.33. The molecule has 0 bridgehead atoms. The topological polar surface area (TPSA) is 26.3 Å². The molecule has 20 heavy (non-hydrogen) atoms. The molecule has 0 amide bonds. The molecule has 0 saturated heterocycles. The van der Waals surface area contributed by atoms with Crippen LogP contribution in [0.1, 0.15) is 58.6 Å². The molecule has 0 radical (unpaired) electrons. The summed E-state index contributed by atoms with van der Waals surface area (Å²) in [7, 11) is 1.68. The van der Waals surface area contributed by atoms with Crippen molar-refractivity contribution in [2.75, 3.05) is 7.11 Å². The van der Waals surface area contributed by atoms with Crippen LogP contribution < -0.4 is 4.74 Å². The molecule has 2 heteroatoms. The number of rotatable bonds is 6. The van der Waals surface area contributed by atoms with Crippen molar-refractivity contribution >= 4 is 6.29 Å². The van der Waals surface area contributed by atoms with Crippen molar-refractivity contribution in [3.8, 4) is 5.75 Å². The molecule has 0 aliphatic heterocycles. The molecule has 1 rings (SSSR count). The fraction of sp³-hybridized carbons (Fsp3) is 0.611. The summed E-state index contributed by atoms with van der Waals surface area (Å²) in [6.45, 7) is 11.4. The summed E-state index contributed by atoms with van der Waals surface area (Å²) in [5.74, 6) is 0.877. The molecule has 0 atom stereocenters. The first-order valence-electron chi connectivity index (χ1n) is 7.31. The predicted octanol–water partition coefficient (Wildman–Crippen LogP) is 4.54. The lowest BCUT2D eigenvalue weighted by atomic mass is 9.72. The molecule has 2 nitrogen and oxygen atoms in total. The van der Waals surface area contributed by atoms with E-state index in [0.717, 1.165) is 30.4 Å². The number of benzene rings is 1. The van der Waals surface area contributed by atoms with Gasteiger partial charge in [0.25, 0.3) is 0 Å². The van der Waals surface area contributed by atoms with Gasteiger partial charge in [0.05, 0.1) is 7.11 Å². The van der Waals surface area contributed by atoms with Gasteiger partial charge in [-0.15, -0.1) is 0 Å². The summed E-state index contributed by atoms with van der Waals surface area (Å²) in [5.41, 5.74) is 2.83. The highest BCUT2D eigenvalue weighted by Gasteiger charge is 2.27. The molecule has 0 saturated carbocycles. The predicted molar refractivity (Wildman–Crippen MR) is 84.5 cm³/mol. The van der Waals surface area contributed by atoms with Gasteiger partial charge >= 0.3 is 0 Å². The van der Waals surface area contributed by atoms with E-state index in [1.54, 1.807) is 7.11 Å². The number of hydrogen-bond acceptors (Lipinski definition) is 2. The second kappa shape index (κ2) is 6.43. The Bertz CT molecular complexity index is 453. The van der Waals surface area contributed by atoms with Crippen molar-refractivity contribution < 1.29 is 9.53 Å². The van der Waals surface area contributed by atoms with Crippen LogP contribution in [0.5, 0.6) is 5.75 Å². The number of carbonyl (C=O) groups is 1. The first-order chi connectivity index (χ1) is 9.19. The maximum absolute atomic E-state index is 10.6. The van der Waals surface area contributed by atoms with Gasteiger partial charge in [-0.2, -0.15) is 0 Å². The van der Waals surface area contributed by atoms with Crippen LogP contribution in [-0.4, -0.2) is 13.4 Å². The summed E-state index contributed by atoms with van der Waals surface area (Å²) in [4.78, 5) is 10.6. The fourth-order valence-electron chi connectivity index (χ4n) is 3.04. The van der Waals surface area contributed by atoms with E-state index >= 15 is 0 Å². The number of aldehydes is 1. The van der Waals surface area contributed by atoms with Gasteiger partial charge in [0.1, 0.15) is 12.0 Å². The zero-order chi connectivity index (χ0) is 15.4. The average molecular weight is 276 g/mol. The van der Waals surface area contributed by atoms with Crippen molar-refractivity contribution in [1.29, 1.82) is 0 Å². The van der Waals surface area contributed by atoms with E-state index in [4.69, 9.17) is 4.74 Å².